The third kappa shape index (κ3) is 2.97. The standard InChI is InChI=1S/C23H20FN5O3/c1-26-29-10-16(22(31)32)20(30)15-7-13-8-17(24)19(9-18(13)27-21(15)29)28-11-23(25,12-28)14-5-3-2-4-6-14/h2-10,26H,11-12,25H2,1H3,(H,31,32). The number of anilines is 1. The number of carboxylic acid groups (broad SMARTS) is 1. The predicted molar refractivity (Wildman–Crippen MR) is 120 cm³/mol. The van der Waals surface area contributed by atoms with E-state index in [0.717, 1.165) is 5.56 Å². The summed E-state index contributed by atoms with van der Waals surface area (Å²) >= 11 is 0. The maximum absolute atomic E-state index is 15.0. The molecule has 2 aromatic heterocycles. The van der Waals surface area contributed by atoms with Crippen LogP contribution in [0, 0.1) is 5.82 Å². The quantitative estimate of drug-likeness (QED) is 0.423. The van der Waals surface area contributed by atoms with Crippen LogP contribution in [0.15, 0.2) is 59.5 Å². The van der Waals surface area contributed by atoms with Crippen molar-refractivity contribution in [1.29, 1.82) is 0 Å². The zero-order valence-corrected chi connectivity index (χ0v) is 17.2. The molecule has 4 N–H and O–H groups in total. The number of benzene rings is 2. The molecule has 0 spiro atoms. The fourth-order valence-corrected chi connectivity index (χ4v) is 4.24. The predicted octanol–water partition coefficient (Wildman–Crippen LogP) is 2.23. The van der Waals surface area contributed by atoms with Gasteiger partial charge in [-0.3, -0.25) is 4.79 Å². The van der Waals surface area contributed by atoms with Crippen LogP contribution in [0.3, 0.4) is 0 Å². The molecule has 1 fully saturated rings. The normalized spacial score (nSPS) is 15.0. The lowest BCUT2D eigenvalue weighted by Crippen LogP contribution is -2.65. The molecule has 1 aliphatic rings. The average molecular weight is 433 g/mol. The van der Waals surface area contributed by atoms with Crippen molar-refractivity contribution in [3.8, 4) is 0 Å². The largest absolute Gasteiger partial charge is 0.477 e. The molecule has 4 aromatic rings. The first kappa shape index (κ1) is 20.0. The summed E-state index contributed by atoms with van der Waals surface area (Å²) in [5, 5.41) is 9.82. The maximum atomic E-state index is 15.0. The fraction of sp³-hybridized carbons (Fsp3) is 0.174. The molecule has 32 heavy (non-hydrogen) atoms. The number of hydrogen-bond donors (Lipinski definition) is 3. The molecule has 0 aliphatic carbocycles. The Labute approximate surface area is 181 Å². The summed E-state index contributed by atoms with van der Waals surface area (Å²) in [6, 6.07) is 14.1. The number of carboxylic acids is 1. The Hall–Kier alpha value is -3.98. The first-order valence-electron chi connectivity index (χ1n) is 10.0. The number of fused-ring (bicyclic) bond motifs is 2. The molecule has 8 nitrogen and oxygen atoms in total. The van der Waals surface area contributed by atoms with Crippen LogP contribution in [0.1, 0.15) is 15.9 Å². The molecular formula is C23H20FN5O3. The Morgan fingerprint density at radius 3 is 2.59 bits per heavy atom. The summed E-state index contributed by atoms with van der Waals surface area (Å²) in [5.41, 5.74) is 9.80. The number of carbonyl (C=O) groups is 1. The Balaban J connectivity index is 1.59. The third-order valence-corrected chi connectivity index (χ3v) is 5.95. The Bertz CT molecular complexity index is 1450. The van der Waals surface area contributed by atoms with E-state index < -0.39 is 28.3 Å². The topological polar surface area (TPSA) is 113 Å². The zero-order valence-electron chi connectivity index (χ0n) is 17.2. The van der Waals surface area contributed by atoms with E-state index in [0.29, 0.717) is 29.7 Å². The number of rotatable bonds is 4. The molecule has 0 bridgehead atoms. The monoisotopic (exact) mass is 433 g/mol. The smallest absolute Gasteiger partial charge is 0.341 e. The molecule has 3 heterocycles. The molecule has 9 heteroatoms. The highest BCUT2D eigenvalue weighted by molar-refractivity contribution is 5.97. The van der Waals surface area contributed by atoms with Crippen LogP contribution in [0.4, 0.5) is 10.1 Å². The molecule has 0 unspecified atom stereocenters. The minimum Gasteiger partial charge on any atom is -0.477 e. The first-order valence-corrected chi connectivity index (χ1v) is 10.0. The second kappa shape index (κ2) is 7.03. The van der Waals surface area contributed by atoms with Gasteiger partial charge in [0.05, 0.1) is 22.1 Å². The van der Waals surface area contributed by atoms with E-state index in [2.05, 4.69) is 10.4 Å². The lowest BCUT2D eigenvalue weighted by Gasteiger charge is -2.49. The molecule has 0 atom stereocenters. The minimum absolute atomic E-state index is 0.0907. The highest BCUT2D eigenvalue weighted by Crippen LogP contribution is 2.36. The van der Waals surface area contributed by atoms with Gasteiger partial charge in [-0.25, -0.2) is 18.8 Å². The van der Waals surface area contributed by atoms with Gasteiger partial charge < -0.3 is 21.2 Å². The van der Waals surface area contributed by atoms with Gasteiger partial charge >= 0.3 is 5.97 Å². The van der Waals surface area contributed by atoms with E-state index in [1.165, 1.54) is 23.0 Å². The maximum Gasteiger partial charge on any atom is 0.341 e. The molecule has 0 radical (unpaired) electrons. The number of nitrogens with one attached hydrogen (secondary N) is 1. The van der Waals surface area contributed by atoms with E-state index in [-0.39, 0.29) is 11.0 Å². The number of aromatic nitrogens is 2. The van der Waals surface area contributed by atoms with Crippen LogP contribution in [-0.2, 0) is 5.54 Å². The van der Waals surface area contributed by atoms with Crippen molar-refractivity contribution in [2.75, 3.05) is 30.5 Å². The van der Waals surface area contributed by atoms with E-state index in [1.807, 2.05) is 35.2 Å². The van der Waals surface area contributed by atoms with E-state index >= 15 is 0 Å². The summed E-state index contributed by atoms with van der Waals surface area (Å²) in [6.07, 6.45) is 1.19. The fourth-order valence-electron chi connectivity index (χ4n) is 4.24. The average Bonchev–Trinajstić information content (AvgIpc) is 2.76. The number of hydrogen-bond acceptors (Lipinski definition) is 6. The van der Waals surface area contributed by atoms with Gasteiger partial charge in [-0.05, 0) is 23.8 Å². The highest BCUT2D eigenvalue weighted by Gasteiger charge is 2.41. The van der Waals surface area contributed by atoms with Gasteiger partial charge in [0.25, 0.3) is 0 Å². The molecule has 1 saturated heterocycles. The molecule has 0 saturated carbocycles. The first-order chi connectivity index (χ1) is 15.3. The summed E-state index contributed by atoms with van der Waals surface area (Å²) in [6.45, 7) is 0.909. The van der Waals surface area contributed by atoms with Crippen molar-refractivity contribution < 1.29 is 14.3 Å². The SMILES string of the molecule is CNn1cc(C(=O)O)c(=O)c2cc3cc(F)c(N4CC(N)(c5ccccc5)C4)cc3nc21. The van der Waals surface area contributed by atoms with Gasteiger partial charge in [-0.15, -0.1) is 0 Å². The van der Waals surface area contributed by atoms with E-state index in [1.54, 1.807) is 13.1 Å². The Morgan fingerprint density at radius 2 is 1.94 bits per heavy atom. The number of nitrogens with two attached hydrogens (primary N) is 1. The van der Waals surface area contributed by atoms with Gasteiger partial charge in [0.1, 0.15) is 11.4 Å². The number of halogens is 1. The van der Waals surface area contributed by atoms with Crippen molar-refractivity contribution in [3.63, 3.8) is 0 Å². The third-order valence-electron chi connectivity index (χ3n) is 5.95. The molecule has 5 rings (SSSR count). The van der Waals surface area contributed by atoms with Crippen LogP contribution in [0.25, 0.3) is 21.9 Å². The lowest BCUT2D eigenvalue weighted by atomic mass is 9.83. The minimum atomic E-state index is -1.34. The molecular weight excluding hydrogens is 413 g/mol. The van der Waals surface area contributed by atoms with Gasteiger partial charge in [0.15, 0.2) is 5.65 Å². The number of nitrogens with zero attached hydrogens (tertiary/aromatic N) is 3. The van der Waals surface area contributed by atoms with Crippen LogP contribution < -0.4 is 21.5 Å². The Morgan fingerprint density at radius 1 is 1.22 bits per heavy atom. The summed E-state index contributed by atoms with van der Waals surface area (Å²) < 4.78 is 16.4. The highest BCUT2D eigenvalue weighted by atomic mass is 19.1. The second-order valence-corrected chi connectivity index (χ2v) is 8.00. The van der Waals surface area contributed by atoms with Crippen molar-refractivity contribution >= 4 is 33.6 Å². The van der Waals surface area contributed by atoms with Crippen LogP contribution in [-0.4, -0.2) is 40.9 Å². The van der Waals surface area contributed by atoms with E-state index in [9.17, 15) is 19.1 Å². The van der Waals surface area contributed by atoms with Gasteiger partial charge in [-0.1, -0.05) is 30.3 Å². The van der Waals surface area contributed by atoms with Gasteiger partial charge in [-0.2, -0.15) is 0 Å². The number of pyridine rings is 2. The van der Waals surface area contributed by atoms with E-state index in [4.69, 9.17) is 5.73 Å². The summed E-state index contributed by atoms with van der Waals surface area (Å²) in [5.74, 6) is -1.80. The van der Waals surface area contributed by atoms with Crippen molar-refractivity contribution in [2.24, 2.45) is 5.73 Å². The van der Waals surface area contributed by atoms with Crippen molar-refractivity contribution in [2.45, 2.75) is 5.54 Å². The van der Waals surface area contributed by atoms with Crippen LogP contribution >= 0.6 is 0 Å². The molecule has 1 aliphatic heterocycles. The molecule has 162 valence electrons. The van der Waals surface area contributed by atoms with Gasteiger partial charge in [0.2, 0.25) is 5.43 Å². The molecule has 2 aromatic carbocycles. The number of aromatic carboxylic acids is 1. The van der Waals surface area contributed by atoms with Crippen molar-refractivity contribution in [3.05, 3.63) is 81.9 Å². The Kier molecular flexibility index (Phi) is 4.38. The van der Waals surface area contributed by atoms with Crippen molar-refractivity contribution in [1.82, 2.24) is 9.66 Å². The summed E-state index contributed by atoms with van der Waals surface area (Å²) in [4.78, 5) is 30.4. The van der Waals surface area contributed by atoms with Crippen LogP contribution in [0.5, 0.6) is 0 Å². The molecule has 0 amide bonds. The van der Waals surface area contributed by atoms with Gasteiger partial charge in [0, 0.05) is 31.7 Å². The lowest BCUT2D eigenvalue weighted by molar-refractivity contribution is 0.0695. The van der Waals surface area contributed by atoms with Crippen LogP contribution in [0.2, 0.25) is 0 Å². The zero-order chi connectivity index (χ0) is 22.6. The summed E-state index contributed by atoms with van der Waals surface area (Å²) in [7, 11) is 1.59. The second-order valence-electron chi connectivity index (χ2n) is 8.00.